The lowest BCUT2D eigenvalue weighted by Gasteiger charge is -2.20. The molecule has 2 aromatic heterocycles. The molecule has 0 radical (unpaired) electrons. The number of nitrogens with zero attached hydrogens (tertiary/aromatic N) is 2. The maximum Gasteiger partial charge on any atom is 0.335 e. The normalized spacial score (nSPS) is 12.2. The number of aromatic carboxylic acids is 1. The van der Waals surface area contributed by atoms with Gasteiger partial charge in [0.05, 0.1) is 29.2 Å². The van der Waals surface area contributed by atoms with Gasteiger partial charge in [-0.15, -0.1) is 0 Å². The Morgan fingerprint density at radius 1 is 0.569 bits per heavy atom. The molecule has 8 rings (SSSR count). The number of carboxylic acids is 1. The van der Waals surface area contributed by atoms with Crippen LogP contribution in [-0.2, 0) is 26.1 Å². The third kappa shape index (κ3) is 13.3. The summed E-state index contributed by atoms with van der Waals surface area (Å²) >= 11 is 0. The zero-order valence-electron chi connectivity index (χ0n) is 37.2. The Balaban J connectivity index is 0.000000193. The molecule has 0 aliphatic carbocycles. The van der Waals surface area contributed by atoms with Crippen LogP contribution in [0.2, 0.25) is 0 Å². The number of pyridine rings is 2. The van der Waals surface area contributed by atoms with Crippen molar-refractivity contribution < 1.29 is 44.0 Å². The fourth-order valence-electron chi connectivity index (χ4n) is 7.17. The number of benzene rings is 4. The minimum Gasteiger partial charge on any atom is -0.487 e. The van der Waals surface area contributed by atoms with Crippen molar-refractivity contribution in [1.29, 1.82) is 0 Å². The first-order valence-corrected chi connectivity index (χ1v) is 21.5. The van der Waals surface area contributed by atoms with E-state index >= 15 is 0 Å². The number of hydrogen-bond acceptors (Lipinski definition) is 11. The third-order valence-electron chi connectivity index (χ3n) is 10.9. The van der Waals surface area contributed by atoms with Crippen molar-refractivity contribution in [3.05, 3.63) is 166 Å². The van der Waals surface area contributed by atoms with Crippen LogP contribution in [0.3, 0.4) is 0 Å². The summed E-state index contributed by atoms with van der Waals surface area (Å²) < 4.78 is 11.5. The van der Waals surface area contributed by atoms with Gasteiger partial charge < -0.3 is 30.5 Å². The number of rotatable bonds is 14. The molecule has 2 aliphatic rings. The Morgan fingerprint density at radius 2 is 1.00 bits per heavy atom. The highest BCUT2D eigenvalue weighted by Crippen LogP contribution is 2.38. The molecule has 4 aromatic carbocycles. The highest BCUT2D eigenvalue weighted by molar-refractivity contribution is 5.98. The Kier molecular flexibility index (Phi) is 15.5. The molecule has 0 unspecified atom stereocenters. The van der Waals surface area contributed by atoms with E-state index in [0.717, 1.165) is 56.0 Å². The van der Waals surface area contributed by atoms with Crippen LogP contribution in [0.1, 0.15) is 117 Å². The number of fused-ring (bicyclic) bond motifs is 6. The van der Waals surface area contributed by atoms with E-state index in [1.165, 1.54) is 0 Å². The molecule has 12 nitrogen and oxygen atoms in total. The number of aryl methyl sites for hydroxylation is 2. The highest BCUT2D eigenvalue weighted by atomic mass is 16.5. The summed E-state index contributed by atoms with van der Waals surface area (Å²) in [5.74, 6) is 0.642. The van der Waals surface area contributed by atoms with Crippen LogP contribution in [-0.4, -0.2) is 66.4 Å². The first-order valence-electron chi connectivity index (χ1n) is 21.5. The number of carboxylic acid groups (broad SMARTS) is 1. The van der Waals surface area contributed by atoms with Crippen LogP contribution in [0.25, 0.3) is 22.3 Å². The van der Waals surface area contributed by atoms with Crippen molar-refractivity contribution in [2.75, 3.05) is 6.54 Å². The average Bonchev–Trinajstić information content (AvgIpc) is 3.31. The first-order chi connectivity index (χ1) is 31.0. The van der Waals surface area contributed by atoms with Gasteiger partial charge in [0.1, 0.15) is 24.7 Å². The lowest BCUT2D eigenvalue weighted by atomic mass is 9.93. The predicted octanol–water partition coefficient (Wildman–Crippen LogP) is 9.06. The second kappa shape index (κ2) is 21.2. The monoisotopic (exact) mass is 877 g/mol. The number of aromatic nitrogens is 2. The molecule has 0 spiro atoms. The third-order valence-corrected chi connectivity index (χ3v) is 10.9. The van der Waals surface area contributed by atoms with Gasteiger partial charge in [-0.3, -0.25) is 24.4 Å². The van der Waals surface area contributed by atoms with Gasteiger partial charge in [0, 0.05) is 66.0 Å². The number of carbonyl (C=O) groups is 4. The minimum absolute atomic E-state index is 0.00506. The maximum atomic E-state index is 12.8. The van der Waals surface area contributed by atoms with E-state index < -0.39 is 17.2 Å². The second-order valence-electron chi connectivity index (χ2n) is 17.4. The topological polar surface area (TPSA) is 199 Å². The molecule has 336 valence electrons. The van der Waals surface area contributed by atoms with Gasteiger partial charge in [-0.2, -0.15) is 0 Å². The molecule has 2 aliphatic heterocycles. The number of nitrogens with two attached hydrogens (primary N) is 1. The van der Waals surface area contributed by atoms with Crippen LogP contribution in [0.5, 0.6) is 11.5 Å². The summed E-state index contributed by atoms with van der Waals surface area (Å²) in [5.41, 5.74) is 13.6. The maximum absolute atomic E-state index is 12.8. The minimum atomic E-state index is -0.964. The fraction of sp³-hybridized carbons (Fsp3) is 0.283. The Hall–Kier alpha value is -6.86. The van der Waals surface area contributed by atoms with Crippen LogP contribution in [0.4, 0.5) is 0 Å². The lowest BCUT2D eigenvalue weighted by molar-refractivity contribution is 0.0633. The Morgan fingerprint density at radius 3 is 1.45 bits per heavy atom. The molecule has 12 heteroatoms. The van der Waals surface area contributed by atoms with Crippen molar-refractivity contribution >= 4 is 23.3 Å². The highest BCUT2D eigenvalue weighted by Gasteiger charge is 2.21. The van der Waals surface area contributed by atoms with Gasteiger partial charge in [-0.25, -0.2) is 4.79 Å². The van der Waals surface area contributed by atoms with Gasteiger partial charge in [0.25, 0.3) is 0 Å². The summed E-state index contributed by atoms with van der Waals surface area (Å²) in [6.07, 6.45) is 9.32. The van der Waals surface area contributed by atoms with E-state index in [2.05, 4.69) is 9.97 Å². The number of Topliss-reactive ketones (excluding diaryl/α,β-unsaturated/α-hetero) is 3. The SMILES string of the molecule is CC(C)(O)CCC(=O)c1cccc(CCC(=O)c2ccc3c(c2)COc2cnccc2-3)c1.CC(C)(O)CN.O=C(O)c1cccc(CCC(=O)c2ccc3c(c2)COc2cnccc2-3)c1. The molecule has 0 amide bonds. The van der Waals surface area contributed by atoms with E-state index in [-0.39, 0.29) is 22.9 Å². The number of aliphatic hydroxyl groups is 2. The van der Waals surface area contributed by atoms with Crippen LogP contribution in [0, 0.1) is 0 Å². The summed E-state index contributed by atoms with van der Waals surface area (Å²) in [5, 5.41) is 27.6. The van der Waals surface area contributed by atoms with Gasteiger partial charge in [-0.1, -0.05) is 54.6 Å². The molecule has 0 saturated carbocycles. The molecular weight excluding hydrogens is 823 g/mol. The Bertz CT molecular complexity index is 2680. The van der Waals surface area contributed by atoms with E-state index in [1.807, 2.05) is 72.8 Å². The number of carbonyl (C=O) groups excluding carboxylic acids is 3. The zero-order chi connectivity index (χ0) is 46.7. The van der Waals surface area contributed by atoms with Crippen LogP contribution in [0.15, 0.2) is 122 Å². The smallest absolute Gasteiger partial charge is 0.335 e. The van der Waals surface area contributed by atoms with Crippen molar-refractivity contribution in [2.24, 2.45) is 5.73 Å². The van der Waals surface area contributed by atoms with Gasteiger partial charge in [-0.05, 0) is 123 Å². The molecule has 5 N–H and O–H groups in total. The summed E-state index contributed by atoms with van der Waals surface area (Å²) in [6.45, 7) is 7.91. The molecule has 0 fully saturated rings. The molecule has 0 saturated heterocycles. The van der Waals surface area contributed by atoms with Crippen molar-refractivity contribution in [2.45, 2.75) is 90.6 Å². The van der Waals surface area contributed by atoms with E-state index in [4.69, 9.17) is 25.4 Å². The Labute approximate surface area is 379 Å². The fourth-order valence-corrected chi connectivity index (χ4v) is 7.17. The average molecular weight is 878 g/mol. The standard InChI is InChI=1S/C27H27NO4.C22H17NO4.C4H11NO/c1-27(2,31)12-10-25(30)19-5-3-4-18(14-19)6-9-24(29)20-7-8-22-21(15-20)17-32-26-16-28-13-11-23(22)26;24-20(7-4-14-2-1-3-16(10-14)22(25)26)15-5-6-18-17(11-15)13-27-21-12-23-9-8-19(18)21;1-4(2,6)3-5/h3-5,7-8,11,13-16,31H,6,9-10,12,17H2,1-2H3;1-3,5-6,8-12H,4,7,13H2,(H,25,26);6H,3,5H2,1-2H3. The summed E-state index contributed by atoms with van der Waals surface area (Å²) in [7, 11) is 0. The quantitative estimate of drug-likeness (QED) is 0.0758. The van der Waals surface area contributed by atoms with Gasteiger partial charge >= 0.3 is 5.97 Å². The summed E-state index contributed by atoms with van der Waals surface area (Å²) in [4.78, 5) is 57.1. The van der Waals surface area contributed by atoms with E-state index in [1.54, 1.807) is 76.7 Å². The van der Waals surface area contributed by atoms with Crippen molar-refractivity contribution in [3.8, 4) is 33.8 Å². The predicted molar refractivity (Wildman–Crippen MR) is 248 cm³/mol. The van der Waals surface area contributed by atoms with Crippen LogP contribution >= 0.6 is 0 Å². The molecule has 65 heavy (non-hydrogen) atoms. The number of ether oxygens (including phenoxy) is 2. The number of hydrogen-bond donors (Lipinski definition) is 4. The second-order valence-corrected chi connectivity index (χ2v) is 17.4. The number of ketones is 3. The molecule has 6 aromatic rings. The van der Waals surface area contributed by atoms with Gasteiger partial charge in [0.2, 0.25) is 0 Å². The van der Waals surface area contributed by atoms with Crippen molar-refractivity contribution in [1.82, 2.24) is 9.97 Å². The van der Waals surface area contributed by atoms with E-state index in [9.17, 15) is 24.3 Å². The molecule has 4 heterocycles. The largest absolute Gasteiger partial charge is 0.487 e. The van der Waals surface area contributed by atoms with Crippen LogP contribution < -0.4 is 15.2 Å². The first kappa shape index (κ1) is 47.6. The zero-order valence-corrected chi connectivity index (χ0v) is 37.2. The molecule has 0 atom stereocenters. The van der Waals surface area contributed by atoms with Gasteiger partial charge in [0.15, 0.2) is 17.3 Å². The van der Waals surface area contributed by atoms with E-state index in [0.29, 0.717) is 75.0 Å². The molecule has 0 bridgehead atoms. The summed E-state index contributed by atoms with van der Waals surface area (Å²) in [6, 6.07) is 29.4. The molecular formula is C53H55N3O9. The van der Waals surface area contributed by atoms with Crippen molar-refractivity contribution in [3.63, 3.8) is 0 Å². The lowest BCUT2D eigenvalue weighted by Crippen LogP contribution is -2.29.